The van der Waals surface area contributed by atoms with Crippen molar-refractivity contribution >= 4 is 0 Å². The van der Waals surface area contributed by atoms with Crippen LogP contribution in [-0.4, -0.2) is 61.5 Å². The van der Waals surface area contributed by atoms with Crippen LogP contribution in [0.5, 0.6) is 5.88 Å². The van der Waals surface area contributed by atoms with Crippen molar-refractivity contribution in [3.63, 3.8) is 0 Å². The maximum absolute atomic E-state index is 6.07. The molecule has 3 saturated heterocycles. The van der Waals surface area contributed by atoms with Gasteiger partial charge in [0.1, 0.15) is 0 Å². The van der Waals surface area contributed by atoms with E-state index in [2.05, 4.69) is 9.88 Å². The van der Waals surface area contributed by atoms with Crippen LogP contribution in [0.25, 0.3) is 0 Å². The van der Waals surface area contributed by atoms with Crippen LogP contribution in [-0.2, 0) is 9.47 Å². The highest BCUT2D eigenvalue weighted by Crippen LogP contribution is 2.37. The van der Waals surface area contributed by atoms with Gasteiger partial charge in [-0.2, -0.15) is 0 Å². The molecule has 0 aliphatic carbocycles. The average molecular weight is 318 g/mol. The number of pyridine rings is 1. The lowest BCUT2D eigenvalue weighted by atomic mass is 9.91. The zero-order valence-corrected chi connectivity index (χ0v) is 13.6. The number of likely N-dealkylation sites (tertiary alicyclic amines) is 1. The quantitative estimate of drug-likeness (QED) is 0.830. The SMILES string of the molecule is c1ccc(OCC[C@H]2CO[C@H]3CN(C4CCOCC4)C[C@@H]23)nc1. The van der Waals surface area contributed by atoms with E-state index in [0.717, 1.165) is 45.3 Å². The number of hydrogen-bond acceptors (Lipinski definition) is 5. The fourth-order valence-corrected chi connectivity index (χ4v) is 4.22. The summed E-state index contributed by atoms with van der Waals surface area (Å²) in [4.78, 5) is 6.85. The van der Waals surface area contributed by atoms with Crippen LogP contribution in [0.15, 0.2) is 24.4 Å². The molecule has 0 amide bonds. The fourth-order valence-electron chi connectivity index (χ4n) is 4.22. The van der Waals surface area contributed by atoms with Crippen molar-refractivity contribution < 1.29 is 14.2 Å². The first kappa shape index (κ1) is 15.4. The minimum Gasteiger partial charge on any atom is -0.478 e. The Hall–Kier alpha value is -1.17. The topological polar surface area (TPSA) is 43.8 Å². The maximum atomic E-state index is 6.07. The Bertz CT molecular complexity index is 492. The minimum atomic E-state index is 0.428. The molecule has 0 spiro atoms. The number of nitrogens with zero attached hydrogens (tertiary/aromatic N) is 2. The molecule has 3 atom stereocenters. The summed E-state index contributed by atoms with van der Waals surface area (Å²) in [6, 6.07) is 6.48. The molecule has 1 aromatic heterocycles. The molecule has 23 heavy (non-hydrogen) atoms. The Balaban J connectivity index is 1.26. The van der Waals surface area contributed by atoms with Gasteiger partial charge in [-0.1, -0.05) is 6.07 Å². The van der Waals surface area contributed by atoms with Gasteiger partial charge < -0.3 is 14.2 Å². The largest absolute Gasteiger partial charge is 0.478 e. The lowest BCUT2D eigenvalue weighted by Gasteiger charge is -2.31. The monoisotopic (exact) mass is 318 g/mol. The first-order chi connectivity index (χ1) is 11.4. The Kier molecular flexibility index (Phi) is 4.78. The summed E-state index contributed by atoms with van der Waals surface area (Å²) in [6.07, 6.45) is 5.60. The second-order valence-corrected chi connectivity index (χ2v) is 6.90. The molecule has 126 valence electrons. The first-order valence-electron chi connectivity index (χ1n) is 8.87. The molecule has 3 fully saturated rings. The molecule has 1 aromatic rings. The van der Waals surface area contributed by atoms with E-state index in [9.17, 15) is 0 Å². The van der Waals surface area contributed by atoms with Gasteiger partial charge in [-0.25, -0.2) is 4.98 Å². The number of rotatable bonds is 5. The molecular weight excluding hydrogens is 292 g/mol. The molecule has 3 aliphatic heterocycles. The number of aromatic nitrogens is 1. The summed E-state index contributed by atoms with van der Waals surface area (Å²) in [5, 5.41) is 0. The average Bonchev–Trinajstić information content (AvgIpc) is 3.18. The number of ether oxygens (including phenoxy) is 3. The molecule has 0 aromatic carbocycles. The molecule has 5 heteroatoms. The highest BCUT2D eigenvalue weighted by molar-refractivity contribution is 5.09. The predicted octanol–water partition coefficient (Wildman–Crippen LogP) is 1.98. The smallest absolute Gasteiger partial charge is 0.213 e. The normalized spacial score (nSPS) is 32.1. The van der Waals surface area contributed by atoms with Crippen molar-refractivity contribution in [3.05, 3.63) is 24.4 Å². The second kappa shape index (κ2) is 7.16. The minimum absolute atomic E-state index is 0.428. The van der Waals surface area contributed by atoms with Crippen molar-refractivity contribution in [1.29, 1.82) is 0 Å². The molecule has 0 unspecified atom stereocenters. The predicted molar refractivity (Wildman–Crippen MR) is 86.5 cm³/mol. The van der Waals surface area contributed by atoms with Crippen molar-refractivity contribution in [1.82, 2.24) is 9.88 Å². The molecule has 3 aliphatic rings. The molecular formula is C18H26N2O3. The Morgan fingerprint density at radius 1 is 1.22 bits per heavy atom. The summed E-state index contributed by atoms with van der Waals surface area (Å²) < 4.78 is 17.3. The third kappa shape index (κ3) is 3.52. The van der Waals surface area contributed by atoms with Crippen molar-refractivity contribution in [2.24, 2.45) is 11.8 Å². The molecule has 0 radical (unpaired) electrons. The van der Waals surface area contributed by atoms with Crippen molar-refractivity contribution in [2.45, 2.75) is 31.4 Å². The van der Waals surface area contributed by atoms with E-state index in [1.165, 1.54) is 19.4 Å². The number of hydrogen-bond donors (Lipinski definition) is 0. The van der Waals surface area contributed by atoms with E-state index in [-0.39, 0.29) is 0 Å². The van der Waals surface area contributed by atoms with E-state index >= 15 is 0 Å². The van der Waals surface area contributed by atoms with Crippen LogP contribution < -0.4 is 4.74 Å². The lowest BCUT2D eigenvalue weighted by molar-refractivity contribution is 0.0279. The van der Waals surface area contributed by atoms with E-state index in [1.54, 1.807) is 6.20 Å². The zero-order valence-electron chi connectivity index (χ0n) is 13.6. The van der Waals surface area contributed by atoms with Crippen LogP contribution in [0.3, 0.4) is 0 Å². The summed E-state index contributed by atoms with van der Waals surface area (Å²) in [5.41, 5.74) is 0. The Morgan fingerprint density at radius 3 is 2.96 bits per heavy atom. The highest BCUT2D eigenvalue weighted by Gasteiger charge is 2.45. The van der Waals surface area contributed by atoms with E-state index < -0.39 is 0 Å². The van der Waals surface area contributed by atoms with Gasteiger partial charge in [-0.15, -0.1) is 0 Å². The van der Waals surface area contributed by atoms with Crippen LogP contribution in [0, 0.1) is 11.8 Å². The third-order valence-corrected chi connectivity index (χ3v) is 5.55. The number of fused-ring (bicyclic) bond motifs is 1. The van der Waals surface area contributed by atoms with Crippen molar-refractivity contribution in [3.8, 4) is 5.88 Å². The summed E-state index contributed by atoms with van der Waals surface area (Å²) in [5.74, 6) is 2.01. The lowest BCUT2D eigenvalue weighted by Crippen LogP contribution is -2.39. The van der Waals surface area contributed by atoms with Crippen LogP contribution in [0.1, 0.15) is 19.3 Å². The molecule has 5 nitrogen and oxygen atoms in total. The van der Waals surface area contributed by atoms with Gasteiger partial charge in [0.15, 0.2) is 0 Å². The molecule has 4 rings (SSSR count). The van der Waals surface area contributed by atoms with Crippen molar-refractivity contribution in [2.75, 3.05) is 39.5 Å². The van der Waals surface area contributed by atoms with Gasteiger partial charge in [0, 0.05) is 50.5 Å². The van der Waals surface area contributed by atoms with Gasteiger partial charge in [-0.05, 0) is 31.2 Å². The van der Waals surface area contributed by atoms with Gasteiger partial charge in [-0.3, -0.25) is 4.90 Å². The third-order valence-electron chi connectivity index (χ3n) is 5.55. The molecule has 0 N–H and O–H groups in total. The van der Waals surface area contributed by atoms with Gasteiger partial charge in [0.25, 0.3) is 0 Å². The Labute approximate surface area is 137 Å². The fraction of sp³-hybridized carbons (Fsp3) is 0.722. The van der Waals surface area contributed by atoms with Gasteiger partial charge in [0.05, 0.1) is 19.3 Å². The maximum Gasteiger partial charge on any atom is 0.213 e. The van der Waals surface area contributed by atoms with Gasteiger partial charge in [0.2, 0.25) is 5.88 Å². The standard InChI is InChI=1S/C18H26N2O3/c1-2-7-19-18(3-1)22-10-4-14-13-23-17-12-20(11-16(14)17)15-5-8-21-9-6-15/h1-3,7,14-17H,4-6,8-13H2/t14-,16-,17-/m0/s1. The van der Waals surface area contributed by atoms with E-state index in [0.29, 0.717) is 24.0 Å². The van der Waals surface area contributed by atoms with E-state index in [4.69, 9.17) is 14.2 Å². The Morgan fingerprint density at radius 2 is 2.13 bits per heavy atom. The van der Waals surface area contributed by atoms with Crippen LogP contribution in [0.2, 0.25) is 0 Å². The zero-order chi connectivity index (χ0) is 15.5. The second-order valence-electron chi connectivity index (χ2n) is 6.90. The first-order valence-corrected chi connectivity index (χ1v) is 8.87. The van der Waals surface area contributed by atoms with E-state index in [1.807, 2.05) is 18.2 Å². The molecule has 0 saturated carbocycles. The van der Waals surface area contributed by atoms with Crippen LogP contribution >= 0.6 is 0 Å². The highest BCUT2D eigenvalue weighted by atomic mass is 16.5. The molecule has 0 bridgehead atoms. The summed E-state index contributed by atoms with van der Waals surface area (Å²) in [7, 11) is 0. The summed E-state index contributed by atoms with van der Waals surface area (Å²) >= 11 is 0. The van der Waals surface area contributed by atoms with Gasteiger partial charge >= 0.3 is 0 Å². The summed E-state index contributed by atoms with van der Waals surface area (Å²) in [6.45, 7) is 5.74. The molecule has 4 heterocycles. The van der Waals surface area contributed by atoms with Crippen LogP contribution in [0.4, 0.5) is 0 Å².